The second kappa shape index (κ2) is 13.4. The molecule has 1 aliphatic heterocycles. The lowest BCUT2D eigenvalue weighted by Crippen LogP contribution is -2.31. The lowest BCUT2D eigenvalue weighted by atomic mass is 9.94. The molecule has 3 aromatic rings. The predicted molar refractivity (Wildman–Crippen MR) is 143 cm³/mol. The van der Waals surface area contributed by atoms with E-state index >= 15 is 8.78 Å². The highest BCUT2D eigenvalue weighted by molar-refractivity contribution is 5.71. The van der Waals surface area contributed by atoms with E-state index in [4.69, 9.17) is 9.47 Å². The van der Waals surface area contributed by atoms with Gasteiger partial charge in [0.2, 0.25) is 0 Å². The van der Waals surface area contributed by atoms with Gasteiger partial charge in [-0.05, 0) is 41.5 Å². The van der Waals surface area contributed by atoms with Crippen molar-refractivity contribution in [1.82, 2.24) is 0 Å². The molecule has 0 bridgehead atoms. The third kappa shape index (κ3) is 6.47. The van der Waals surface area contributed by atoms with Gasteiger partial charge < -0.3 is 9.47 Å². The van der Waals surface area contributed by atoms with Gasteiger partial charge >= 0.3 is 0 Å². The van der Waals surface area contributed by atoms with Crippen molar-refractivity contribution < 1.29 is 27.0 Å². The normalized spacial score (nSPS) is 17.6. The van der Waals surface area contributed by atoms with Crippen molar-refractivity contribution in [2.24, 2.45) is 0 Å². The number of aryl methyl sites for hydroxylation is 1. The van der Waals surface area contributed by atoms with Crippen LogP contribution in [0.4, 0.5) is 17.6 Å². The summed E-state index contributed by atoms with van der Waals surface area (Å²) in [6.45, 7) is 4.71. The van der Waals surface area contributed by atoms with E-state index in [0.29, 0.717) is 23.1 Å². The first-order valence-corrected chi connectivity index (χ1v) is 13.7. The van der Waals surface area contributed by atoms with E-state index in [0.717, 1.165) is 44.9 Å². The van der Waals surface area contributed by atoms with Gasteiger partial charge in [-0.3, -0.25) is 0 Å². The summed E-state index contributed by atoms with van der Waals surface area (Å²) in [7, 11) is 0. The quantitative estimate of drug-likeness (QED) is 0.182. The standard InChI is InChI=1S/C32H36F4O2/c1-3-5-6-7-8-10-23-15-16-25(30(34)29(23)33)21-11-13-22(14-12-21)26-17-18-27(32(36)31(26)35)24-19-37-28(9-4-2)38-20-24/h11-18,24,28H,3-10,19-20H2,1-2H3. The molecule has 0 aliphatic carbocycles. The number of hydrogen-bond acceptors (Lipinski definition) is 2. The number of halogens is 4. The van der Waals surface area contributed by atoms with Crippen LogP contribution < -0.4 is 0 Å². The lowest BCUT2D eigenvalue weighted by molar-refractivity contribution is -0.190. The zero-order chi connectivity index (χ0) is 27.1. The molecule has 0 spiro atoms. The van der Waals surface area contributed by atoms with Crippen molar-refractivity contribution in [3.8, 4) is 22.3 Å². The van der Waals surface area contributed by atoms with Gasteiger partial charge in [0.15, 0.2) is 29.6 Å². The molecular formula is C32H36F4O2. The van der Waals surface area contributed by atoms with Gasteiger partial charge in [-0.25, -0.2) is 17.6 Å². The number of hydrogen-bond donors (Lipinski definition) is 0. The maximum atomic E-state index is 15.1. The van der Waals surface area contributed by atoms with Crippen molar-refractivity contribution in [1.29, 1.82) is 0 Å². The minimum atomic E-state index is -0.952. The molecule has 6 heteroatoms. The average Bonchev–Trinajstić information content (AvgIpc) is 2.93. The van der Waals surface area contributed by atoms with Crippen molar-refractivity contribution in [3.05, 3.63) is 82.9 Å². The van der Waals surface area contributed by atoms with Crippen molar-refractivity contribution in [2.45, 2.75) is 77.4 Å². The maximum absolute atomic E-state index is 15.1. The zero-order valence-electron chi connectivity index (χ0n) is 22.2. The van der Waals surface area contributed by atoms with E-state index in [2.05, 4.69) is 6.92 Å². The molecule has 0 radical (unpaired) electrons. The Morgan fingerprint density at radius 1 is 0.632 bits per heavy atom. The highest BCUT2D eigenvalue weighted by Crippen LogP contribution is 2.34. The van der Waals surface area contributed by atoms with E-state index in [9.17, 15) is 8.78 Å². The van der Waals surface area contributed by atoms with Crippen LogP contribution in [0, 0.1) is 23.3 Å². The molecule has 0 saturated carbocycles. The van der Waals surface area contributed by atoms with E-state index < -0.39 is 23.3 Å². The first kappa shape index (κ1) is 28.3. The maximum Gasteiger partial charge on any atom is 0.166 e. The average molecular weight is 529 g/mol. The Labute approximate surface area is 223 Å². The van der Waals surface area contributed by atoms with Crippen LogP contribution >= 0.6 is 0 Å². The number of rotatable bonds is 11. The molecule has 0 N–H and O–H groups in total. The summed E-state index contributed by atoms with van der Waals surface area (Å²) >= 11 is 0. The van der Waals surface area contributed by atoms with Crippen LogP contribution in [0.25, 0.3) is 22.3 Å². The smallest absolute Gasteiger partial charge is 0.166 e. The number of unbranched alkanes of at least 4 members (excludes halogenated alkanes) is 4. The fourth-order valence-corrected chi connectivity index (χ4v) is 4.98. The van der Waals surface area contributed by atoms with E-state index in [1.54, 1.807) is 42.5 Å². The number of benzene rings is 3. The molecule has 1 heterocycles. The Balaban J connectivity index is 1.47. The molecule has 4 rings (SSSR count). The van der Waals surface area contributed by atoms with Gasteiger partial charge in [0.25, 0.3) is 0 Å². The molecule has 2 nitrogen and oxygen atoms in total. The summed E-state index contributed by atoms with van der Waals surface area (Å²) in [5, 5.41) is 0. The Hall–Kier alpha value is -2.70. The van der Waals surface area contributed by atoms with Gasteiger partial charge in [0, 0.05) is 17.0 Å². The molecule has 1 aliphatic rings. The largest absolute Gasteiger partial charge is 0.352 e. The third-order valence-corrected chi connectivity index (χ3v) is 7.26. The third-order valence-electron chi connectivity index (χ3n) is 7.26. The Kier molecular flexibility index (Phi) is 9.97. The topological polar surface area (TPSA) is 18.5 Å². The Bertz CT molecular complexity index is 1200. The summed E-state index contributed by atoms with van der Waals surface area (Å²) in [6.07, 6.45) is 7.09. The van der Waals surface area contributed by atoms with Crippen molar-refractivity contribution in [2.75, 3.05) is 13.2 Å². The Morgan fingerprint density at radius 2 is 1.21 bits per heavy atom. The molecule has 1 fully saturated rings. The van der Waals surface area contributed by atoms with Gasteiger partial charge in [0.05, 0.1) is 13.2 Å². The molecule has 0 aromatic heterocycles. The van der Waals surface area contributed by atoms with Crippen molar-refractivity contribution >= 4 is 0 Å². The molecule has 0 atom stereocenters. The molecule has 0 amide bonds. The summed E-state index contributed by atoms with van der Waals surface area (Å²) in [5.74, 6) is -3.96. The minimum Gasteiger partial charge on any atom is -0.352 e. The minimum absolute atomic E-state index is 0.101. The Morgan fingerprint density at radius 3 is 1.82 bits per heavy atom. The van der Waals surface area contributed by atoms with Crippen LogP contribution in [0.3, 0.4) is 0 Å². The van der Waals surface area contributed by atoms with Gasteiger partial charge in [0.1, 0.15) is 0 Å². The van der Waals surface area contributed by atoms with Gasteiger partial charge in [-0.15, -0.1) is 0 Å². The van der Waals surface area contributed by atoms with Crippen LogP contribution in [-0.2, 0) is 15.9 Å². The summed E-state index contributed by atoms with van der Waals surface area (Å²) in [4.78, 5) is 0. The second-order valence-corrected chi connectivity index (χ2v) is 10.1. The molecule has 1 saturated heterocycles. The lowest BCUT2D eigenvalue weighted by Gasteiger charge is -2.29. The first-order valence-electron chi connectivity index (χ1n) is 13.7. The van der Waals surface area contributed by atoms with E-state index in [-0.39, 0.29) is 42.1 Å². The summed E-state index contributed by atoms with van der Waals surface area (Å²) in [5.41, 5.74) is 1.76. The predicted octanol–water partition coefficient (Wildman–Crippen LogP) is 9.35. The summed E-state index contributed by atoms with van der Waals surface area (Å²) in [6, 6.07) is 12.7. The zero-order valence-corrected chi connectivity index (χ0v) is 22.2. The first-order chi connectivity index (χ1) is 18.4. The molecule has 3 aromatic carbocycles. The molecular weight excluding hydrogens is 492 g/mol. The fourth-order valence-electron chi connectivity index (χ4n) is 4.98. The van der Waals surface area contributed by atoms with Crippen LogP contribution in [0.5, 0.6) is 0 Å². The van der Waals surface area contributed by atoms with Crippen LogP contribution in [0.15, 0.2) is 48.5 Å². The second-order valence-electron chi connectivity index (χ2n) is 10.1. The van der Waals surface area contributed by atoms with E-state index in [1.165, 1.54) is 6.07 Å². The number of ether oxygens (including phenoxy) is 2. The van der Waals surface area contributed by atoms with Gasteiger partial charge in [-0.1, -0.05) is 94.5 Å². The SMILES string of the molecule is CCCCCCCc1ccc(-c2ccc(-c3ccc(C4COC(CCC)OC4)c(F)c3F)cc2)c(F)c1F. The molecule has 0 unspecified atom stereocenters. The molecule has 204 valence electrons. The van der Waals surface area contributed by atoms with Crippen LogP contribution in [0.2, 0.25) is 0 Å². The fraction of sp³-hybridized carbons (Fsp3) is 0.438. The highest BCUT2D eigenvalue weighted by atomic mass is 19.2. The van der Waals surface area contributed by atoms with Crippen molar-refractivity contribution in [3.63, 3.8) is 0 Å². The molecule has 38 heavy (non-hydrogen) atoms. The highest BCUT2D eigenvalue weighted by Gasteiger charge is 2.27. The summed E-state index contributed by atoms with van der Waals surface area (Å²) < 4.78 is 71.0. The van der Waals surface area contributed by atoms with Gasteiger partial charge in [-0.2, -0.15) is 0 Å². The van der Waals surface area contributed by atoms with Crippen LogP contribution in [0.1, 0.15) is 75.8 Å². The van der Waals surface area contributed by atoms with Crippen LogP contribution in [-0.4, -0.2) is 19.5 Å². The van der Waals surface area contributed by atoms with E-state index in [1.807, 2.05) is 6.92 Å². The monoisotopic (exact) mass is 528 g/mol.